The summed E-state index contributed by atoms with van der Waals surface area (Å²) in [6, 6.07) is 19.3. The average Bonchev–Trinajstić information content (AvgIpc) is 3.51. The van der Waals surface area contributed by atoms with E-state index >= 15 is 0 Å². The molecule has 0 N–H and O–H groups in total. The van der Waals surface area contributed by atoms with Gasteiger partial charge in [-0.1, -0.05) is 36.4 Å². The molecule has 2 aliphatic heterocycles. The first kappa shape index (κ1) is 28.5. The van der Waals surface area contributed by atoms with Crippen molar-refractivity contribution in [2.45, 2.75) is 30.6 Å². The number of halogens is 1. The molecule has 0 bridgehead atoms. The van der Waals surface area contributed by atoms with Crippen molar-refractivity contribution in [3.05, 3.63) is 101 Å². The molecule has 11 nitrogen and oxygen atoms in total. The number of alkyl halides is 1. The highest BCUT2D eigenvalue weighted by atomic mass is 35.5. The molecule has 42 heavy (non-hydrogen) atoms. The first-order chi connectivity index (χ1) is 20.1. The summed E-state index contributed by atoms with van der Waals surface area (Å²) < 4.78 is 5.27. The molecular formula is C30H23ClN2O9. The molecule has 0 atom stereocenters. The van der Waals surface area contributed by atoms with Gasteiger partial charge in [-0.3, -0.25) is 19.2 Å². The monoisotopic (exact) mass is 590 g/mol. The number of hydroxylamine groups is 4. The van der Waals surface area contributed by atoms with Gasteiger partial charge in [0.2, 0.25) is 0 Å². The predicted molar refractivity (Wildman–Crippen MR) is 145 cm³/mol. The van der Waals surface area contributed by atoms with Crippen molar-refractivity contribution < 1.29 is 43.2 Å². The number of hydrogen-bond acceptors (Lipinski definition) is 9. The Morgan fingerprint density at radius 2 is 0.905 bits per heavy atom. The van der Waals surface area contributed by atoms with Gasteiger partial charge in [-0.15, -0.1) is 21.7 Å². The number of benzene rings is 3. The first-order valence-corrected chi connectivity index (χ1v) is 13.2. The Kier molecular flexibility index (Phi) is 7.77. The topological polar surface area (TPSA) is 137 Å². The Hall–Kier alpha value is -5.03. The van der Waals surface area contributed by atoms with Gasteiger partial charge in [0.15, 0.2) is 0 Å². The third kappa shape index (κ3) is 5.34. The normalized spacial score (nSPS) is 15.3. The minimum Gasteiger partial charge on any atom is -0.497 e. The maximum Gasteiger partial charge on any atom is 0.363 e. The third-order valence-corrected chi connectivity index (χ3v) is 7.54. The van der Waals surface area contributed by atoms with Crippen molar-refractivity contribution in [2.75, 3.05) is 7.11 Å². The van der Waals surface area contributed by atoms with Crippen LogP contribution in [0.5, 0.6) is 5.75 Å². The second kappa shape index (κ2) is 11.5. The zero-order valence-electron chi connectivity index (χ0n) is 22.2. The summed E-state index contributed by atoms with van der Waals surface area (Å²) in [7, 11) is 1.53. The molecule has 2 aliphatic rings. The lowest BCUT2D eigenvalue weighted by molar-refractivity contribution is -0.173. The third-order valence-electron chi connectivity index (χ3n) is 6.88. The smallest absolute Gasteiger partial charge is 0.363 e. The van der Waals surface area contributed by atoms with E-state index in [1.807, 2.05) is 0 Å². The maximum absolute atomic E-state index is 12.6. The summed E-state index contributed by atoms with van der Waals surface area (Å²) in [5.74, 6) is -3.51. The van der Waals surface area contributed by atoms with Gasteiger partial charge in [0.25, 0.3) is 23.6 Å². The molecule has 12 heteroatoms. The minimum absolute atomic E-state index is 0.0211. The van der Waals surface area contributed by atoms with E-state index in [0.29, 0.717) is 32.6 Å². The van der Waals surface area contributed by atoms with Crippen molar-refractivity contribution >= 4 is 47.2 Å². The van der Waals surface area contributed by atoms with Crippen molar-refractivity contribution in [3.8, 4) is 5.75 Å². The molecule has 4 amide bonds. The van der Waals surface area contributed by atoms with Gasteiger partial charge in [-0.05, 0) is 53.1 Å². The number of methoxy groups -OCH3 is 1. The number of amides is 4. The van der Waals surface area contributed by atoms with Crippen LogP contribution in [0.1, 0.15) is 63.1 Å². The molecule has 3 aromatic carbocycles. The van der Waals surface area contributed by atoms with Crippen LogP contribution in [0, 0.1) is 0 Å². The Morgan fingerprint density at radius 3 is 1.21 bits per heavy atom. The summed E-state index contributed by atoms with van der Waals surface area (Å²) in [6.45, 7) is 0. The SMILES string of the molecule is COc1ccc(C(Cl)(c2ccc(C(=O)ON3C(=O)CCC3=O)cc2)c2ccc(C(=O)ON3C(=O)CCC3=O)cc2)cc1. The molecule has 2 fully saturated rings. The molecule has 2 saturated heterocycles. The van der Waals surface area contributed by atoms with Gasteiger partial charge in [0.05, 0.1) is 18.2 Å². The number of nitrogens with zero attached hydrogens (tertiary/aromatic N) is 2. The number of rotatable bonds is 8. The molecule has 214 valence electrons. The van der Waals surface area contributed by atoms with E-state index < -0.39 is 40.4 Å². The number of ether oxygens (including phenoxy) is 1. The fraction of sp³-hybridized carbons (Fsp3) is 0.200. The van der Waals surface area contributed by atoms with Gasteiger partial charge in [-0.2, -0.15) is 0 Å². The predicted octanol–water partition coefficient (Wildman–Crippen LogP) is 3.67. The fourth-order valence-corrected chi connectivity index (χ4v) is 4.96. The van der Waals surface area contributed by atoms with E-state index in [2.05, 4.69) is 0 Å². The molecule has 0 unspecified atom stereocenters. The molecule has 0 saturated carbocycles. The standard InChI is InChI=1S/C30H23ClN2O9/c1-40-23-12-10-22(11-13-23)30(31,20-6-2-18(3-7-20)28(38)41-32-24(34)14-15-25(32)35)21-8-4-19(5-9-21)29(39)42-33-26(36)16-17-27(33)37/h2-13H,14-17H2,1H3. The van der Waals surface area contributed by atoms with Crippen LogP contribution >= 0.6 is 11.6 Å². The lowest BCUT2D eigenvalue weighted by atomic mass is 9.83. The van der Waals surface area contributed by atoms with Crippen LogP contribution in [0.4, 0.5) is 0 Å². The van der Waals surface area contributed by atoms with E-state index in [4.69, 9.17) is 26.0 Å². The lowest BCUT2D eigenvalue weighted by Gasteiger charge is -2.29. The summed E-state index contributed by atoms with van der Waals surface area (Å²) in [5, 5.41) is 0.948. The second-order valence-electron chi connectivity index (χ2n) is 9.46. The molecule has 2 heterocycles. The van der Waals surface area contributed by atoms with E-state index in [9.17, 15) is 28.8 Å². The van der Waals surface area contributed by atoms with E-state index in [1.54, 1.807) is 48.5 Å². The Morgan fingerprint density at radius 1 is 0.595 bits per heavy atom. The highest BCUT2D eigenvalue weighted by molar-refractivity contribution is 6.28. The molecule has 0 aromatic heterocycles. The average molecular weight is 591 g/mol. The number of imide groups is 2. The first-order valence-electron chi connectivity index (χ1n) is 12.8. The van der Waals surface area contributed by atoms with Crippen molar-refractivity contribution in [1.29, 1.82) is 0 Å². The van der Waals surface area contributed by atoms with E-state index in [1.165, 1.54) is 31.4 Å². The minimum atomic E-state index is -1.32. The zero-order chi connectivity index (χ0) is 30.0. The van der Waals surface area contributed by atoms with Gasteiger partial charge in [0.1, 0.15) is 10.6 Å². The van der Waals surface area contributed by atoms with Gasteiger partial charge < -0.3 is 14.4 Å². The summed E-state index contributed by atoms with van der Waals surface area (Å²) >= 11 is 7.36. The molecule has 0 aliphatic carbocycles. The Bertz CT molecular complexity index is 1460. The molecule has 5 rings (SSSR count). The highest BCUT2D eigenvalue weighted by Gasteiger charge is 2.37. The number of carbonyl (C=O) groups is 6. The van der Waals surface area contributed by atoms with Gasteiger partial charge in [0, 0.05) is 25.7 Å². The van der Waals surface area contributed by atoms with Crippen LogP contribution in [-0.2, 0) is 33.7 Å². The van der Waals surface area contributed by atoms with Crippen LogP contribution in [0.25, 0.3) is 0 Å². The number of hydrogen-bond donors (Lipinski definition) is 0. The fourth-order valence-electron chi connectivity index (χ4n) is 4.58. The lowest BCUT2D eigenvalue weighted by Crippen LogP contribution is -2.32. The summed E-state index contributed by atoms with van der Waals surface area (Å²) in [5.41, 5.74) is 1.90. The molecule has 0 radical (unpaired) electrons. The van der Waals surface area contributed by atoms with E-state index in [-0.39, 0.29) is 36.8 Å². The summed E-state index contributed by atoms with van der Waals surface area (Å²) in [4.78, 5) is 81.2. The zero-order valence-corrected chi connectivity index (χ0v) is 23.0. The molecule has 0 spiro atoms. The largest absolute Gasteiger partial charge is 0.497 e. The van der Waals surface area contributed by atoms with Gasteiger partial charge in [-0.25, -0.2) is 9.59 Å². The van der Waals surface area contributed by atoms with Gasteiger partial charge >= 0.3 is 11.9 Å². The summed E-state index contributed by atoms with van der Waals surface area (Å²) in [6.07, 6.45) is -0.0845. The maximum atomic E-state index is 12.6. The van der Waals surface area contributed by atoms with Crippen LogP contribution < -0.4 is 4.74 Å². The quantitative estimate of drug-likeness (QED) is 0.219. The molecule has 3 aromatic rings. The van der Waals surface area contributed by atoms with Crippen LogP contribution in [0.3, 0.4) is 0 Å². The highest BCUT2D eigenvalue weighted by Crippen LogP contribution is 2.43. The van der Waals surface area contributed by atoms with Crippen molar-refractivity contribution in [2.24, 2.45) is 0 Å². The van der Waals surface area contributed by atoms with Crippen LogP contribution in [0.2, 0.25) is 0 Å². The Labute approximate surface area is 244 Å². The second-order valence-corrected chi connectivity index (χ2v) is 10.0. The molecular weight excluding hydrogens is 568 g/mol. The Balaban J connectivity index is 1.44. The van der Waals surface area contributed by atoms with Crippen LogP contribution in [0.15, 0.2) is 72.8 Å². The van der Waals surface area contributed by atoms with Crippen molar-refractivity contribution in [3.63, 3.8) is 0 Å². The van der Waals surface area contributed by atoms with E-state index in [0.717, 1.165) is 0 Å². The van der Waals surface area contributed by atoms with Crippen molar-refractivity contribution in [1.82, 2.24) is 10.1 Å². The van der Waals surface area contributed by atoms with Crippen LogP contribution in [-0.4, -0.2) is 52.8 Å². The number of carbonyl (C=O) groups excluding carboxylic acids is 6.